The van der Waals surface area contributed by atoms with E-state index in [4.69, 9.17) is 15.9 Å². The van der Waals surface area contributed by atoms with Crippen molar-refractivity contribution in [1.29, 1.82) is 0 Å². The van der Waals surface area contributed by atoms with Crippen LogP contribution in [-0.4, -0.2) is 25.7 Å². The molecule has 1 aromatic carbocycles. The minimum atomic E-state index is 0.0379. The van der Waals surface area contributed by atoms with E-state index >= 15 is 0 Å². The van der Waals surface area contributed by atoms with Crippen molar-refractivity contribution in [3.8, 4) is 23.8 Å². The maximum Gasteiger partial charge on any atom is 0.224 e. The molecule has 1 aliphatic heterocycles. The first-order valence-electron chi connectivity index (χ1n) is 6.40. The molecule has 1 fully saturated rings. The van der Waals surface area contributed by atoms with E-state index in [0.717, 1.165) is 23.5 Å². The van der Waals surface area contributed by atoms with E-state index in [1.807, 2.05) is 18.2 Å². The van der Waals surface area contributed by atoms with Gasteiger partial charge in [0.25, 0.3) is 0 Å². The lowest BCUT2D eigenvalue weighted by Crippen LogP contribution is -2.25. The summed E-state index contributed by atoms with van der Waals surface area (Å²) in [4.78, 5) is 11.8. The molecule has 4 nitrogen and oxygen atoms in total. The Bertz CT molecular complexity index is 547. The van der Waals surface area contributed by atoms with E-state index in [0.29, 0.717) is 19.8 Å². The van der Waals surface area contributed by atoms with Gasteiger partial charge < -0.3 is 14.8 Å². The fourth-order valence-corrected chi connectivity index (χ4v) is 2.41. The van der Waals surface area contributed by atoms with Crippen LogP contribution in [0.1, 0.15) is 17.9 Å². The minimum Gasteiger partial charge on any atom is -0.486 e. The number of hydrogen-bond acceptors (Lipinski definition) is 3. The molecule has 0 bridgehead atoms. The van der Waals surface area contributed by atoms with E-state index in [1.165, 1.54) is 0 Å². The highest BCUT2D eigenvalue weighted by Crippen LogP contribution is 2.49. The van der Waals surface area contributed by atoms with Gasteiger partial charge in [-0.1, -0.05) is 12.0 Å². The zero-order valence-electron chi connectivity index (χ0n) is 10.5. The molecule has 3 rings (SSSR count). The number of amides is 1. The Morgan fingerprint density at radius 1 is 1.37 bits per heavy atom. The van der Waals surface area contributed by atoms with Gasteiger partial charge in [-0.15, -0.1) is 6.42 Å². The second-order valence-corrected chi connectivity index (χ2v) is 4.77. The molecular weight excluding hydrogens is 242 g/mol. The van der Waals surface area contributed by atoms with Crippen LogP contribution in [0.2, 0.25) is 0 Å². The number of nitrogens with one attached hydrogen (secondary N) is 1. The fraction of sp³-hybridized carbons (Fsp3) is 0.400. The Balaban J connectivity index is 1.68. The summed E-state index contributed by atoms with van der Waals surface area (Å²) >= 11 is 0. The summed E-state index contributed by atoms with van der Waals surface area (Å²) in [5.41, 5.74) is 1.13. The highest BCUT2D eigenvalue weighted by molar-refractivity contribution is 5.83. The third-order valence-electron chi connectivity index (χ3n) is 3.49. The fourth-order valence-electron chi connectivity index (χ4n) is 2.41. The van der Waals surface area contributed by atoms with E-state index in [-0.39, 0.29) is 17.7 Å². The van der Waals surface area contributed by atoms with Crippen molar-refractivity contribution in [2.45, 2.75) is 12.3 Å². The first kappa shape index (κ1) is 11.9. The molecule has 0 spiro atoms. The smallest absolute Gasteiger partial charge is 0.224 e. The van der Waals surface area contributed by atoms with Gasteiger partial charge in [-0.2, -0.15) is 0 Å². The highest BCUT2D eigenvalue weighted by Gasteiger charge is 2.44. The van der Waals surface area contributed by atoms with Gasteiger partial charge in [0.15, 0.2) is 11.5 Å². The van der Waals surface area contributed by atoms with Crippen molar-refractivity contribution in [2.24, 2.45) is 5.92 Å². The van der Waals surface area contributed by atoms with E-state index in [1.54, 1.807) is 0 Å². The number of ether oxygens (including phenoxy) is 2. The lowest BCUT2D eigenvalue weighted by atomic mass is 10.1. The third-order valence-corrected chi connectivity index (χ3v) is 3.49. The number of hydrogen-bond donors (Lipinski definition) is 1. The molecule has 19 heavy (non-hydrogen) atoms. The number of terminal acetylenes is 1. The monoisotopic (exact) mass is 257 g/mol. The lowest BCUT2D eigenvalue weighted by molar-refractivity contribution is -0.122. The Morgan fingerprint density at radius 2 is 2.16 bits per heavy atom. The number of carbonyl (C=O) groups is 1. The van der Waals surface area contributed by atoms with Gasteiger partial charge in [0.05, 0.1) is 6.54 Å². The van der Waals surface area contributed by atoms with Crippen LogP contribution in [0.25, 0.3) is 0 Å². The summed E-state index contributed by atoms with van der Waals surface area (Å²) in [5.74, 6) is 4.32. The molecule has 1 N–H and O–H groups in total. The van der Waals surface area contributed by atoms with Gasteiger partial charge in [0, 0.05) is 5.92 Å². The molecule has 2 atom stereocenters. The topological polar surface area (TPSA) is 47.6 Å². The number of fused-ring (bicyclic) bond motifs is 1. The van der Waals surface area contributed by atoms with E-state index in [2.05, 4.69) is 11.2 Å². The first-order valence-corrected chi connectivity index (χ1v) is 6.40. The van der Waals surface area contributed by atoms with Crippen molar-refractivity contribution < 1.29 is 14.3 Å². The number of rotatable bonds is 3. The van der Waals surface area contributed by atoms with Crippen LogP contribution in [0.15, 0.2) is 18.2 Å². The van der Waals surface area contributed by atoms with Crippen LogP contribution in [0.3, 0.4) is 0 Å². The quantitative estimate of drug-likeness (QED) is 0.831. The van der Waals surface area contributed by atoms with Crippen LogP contribution in [0.5, 0.6) is 11.5 Å². The molecule has 2 aliphatic rings. The molecule has 98 valence electrons. The Labute approximate surface area is 112 Å². The van der Waals surface area contributed by atoms with Gasteiger partial charge >= 0.3 is 0 Å². The molecular formula is C15H15NO3. The van der Waals surface area contributed by atoms with Crippen molar-refractivity contribution in [2.75, 3.05) is 19.8 Å². The van der Waals surface area contributed by atoms with Gasteiger partial charge in [0.2, 0.25) is 5.91 Å². The summed E-state index contributed by atoms with van der Waals surface area (Å²) < 4.78 is 11.0. The molecule has 1 amide bonds. The molecule has 1 aliphatic carbocycles. The van der Waals surface area contributed by atoms with Crippen LogP contribution in [0.4, 0.5) is 0 Å². The van der Waals surface area contributed by atoms with Gasteiger partial charge in [-0.3, -0.25) is 4.79 Å². The molecule has 1 aromatic rings. The van der Waals surface area contributed by atoms with Gasteiger partial charge in [-0.25, -0.2) is 0 Å². The van der Waals surface area contributed by atoms with E-state index in [9.17, 15) is 4.79 Å². The highest BCUT2D eigenvalue weighted by atomic mass is 16.6. The molecule has 0 radical (unpaired) electrons. The predicted octanol–water partition coefficient (Wildman–Crippen LogP) is 1.31. The molecule has 1 heterocycles. The number of benzene rings is 1. The Kier molecular flexibility index (Phi) is 3.04. The van der Waals surface area contributed by atoms with Crippen molar-refractivity contribution in [3.63, 3.8) is 0 Å². The van der Waals surface area contributed by atoms with Crippen LogP contribution in [-0.2, 0) is 4.79 Å². The average molecular weight is 257 g/mol. The SMILES string of the molecule is C#CCNC(=O)C1CC1c1ccc2c(c1)OCCO2. The predicted molar refractivity (Wildman–Crippen MR) is 70.1 cm³/mol. The summed E-state index contributed by atoms with van der Waals surface area (Å²) in [7, 11) is 0. The van der Waals surface area contributed by atoms with Crippen LogP contribution >= 0.6 is 0 Å². The lowest BCUT2D eigenvalue weighted by Gasteiger charge is -2.18. The molecule has 0 aromatic heterocycles. The summed E-state index contributed by atoms with van der Waals surface area (Å²) in [6.07, 6.45) is 6.00. The Morgan fingerprint density at radius 3 is 2.95 bits per heavy atom. The van der Waals surface area contributed by atoms with Crippen LogP contribution < -0.4 is 14.8 Å². The zero-order chi connectivity index (χ0) is 13.2. The molecule has 0 saturated heterocycles. The normalized spacial score (nSPS) is 23.3. The maximum absolute atomic E-state index is 11.8. The largest absolute Gasteiger partial charge is 0.486 e. The van der Waals surface area contributed by atoms with E-state index < -0.39 is 0 Å². The maximum atomic E-state index is 11.8. The second kappa shape index (κ2) is 4.85. The average Bonchev–Trinajstić information content (AvgIpc) is 3.24. The third kappa shape index (κ3) is 2.37. The minimum absolute atomic E-state index is 0.0379. The van der Waals surface area contributed by atoms with Crippen molar-refractivity contribution in [1.82, 2.24) is 5.32 Å². The van der Waals surface area contributed by atoms with Gasteiger partial charge in [-0.05, 0) is 30.0 Å². The summed E-state index contributed by atoms with van der Waals surface area (Å²) in [5, 5.41) is 2.73. The van der Waals surface area contributed by atoms with Crippen molar-refractivity contribution >= 4 is 5.91 Å². The first-order chi connectivity index (χ1) is 9.29. The molecule has 4 heteroatoms. The number of carbonyl (C=O) groups excluding carboxylic acids is 1. The summed E-state index contributed by atoms with van der Waals surface area (Å²) in [6, 6.07) is 5.90. The molecule has 1 saturated carbocycles. The summed E-state index contributed by atoms with van der Waals surface area (Å²) in [6.45, 7) is 1.46. The van der Waals surface area contributed by atoms with Gasteiger partial charge in [0.1, 0.15) is 13.2 Å². The Hall–Kier alpha value is -2.15. The van der Waals surface area contributed by atoms with Crippen LogP contribution in [0, 0.1) is 18.3 Å². The molecule has 2 unspecified atom stereocenters. The zero-order valence-corrected chi connectivity index (χ0v) is 10.5. The standard InChI is InChI=1S/C15H15NO3/c1-2-5-16-15(17)12-9-11(12)10-3-4-13-14(8-10)19-7-6-18-13/h1,3-4,8,11-12H,5-7,9H2,(H,16,17). The van der Waals surface area contributed by atoms with Crippen molar-refractivity contribution in [3.05, 3.63) is 23.8 Å². The second-order valence-electron chi connectivity index (χ2n) is 4.77.